The van der Waals surface area contributed by atoms with Gasteiger partial charge in [0.25, 0.3) is 0 Å². The second-order valence-electron chi connectivity index (χ2n) is 3.98. The van der Waals surface area contributed by atoms with Crippen LogP contribution in [0.25, 0.3) is 0 Å². The van der Waals surface area contributed by atoms with Gasteiger partial charge in [-0.3, -0.25) is 0 Å². The van der Waals surface area contributed by atoms with E-state index >= 15 is 0 Å². The van der Waals surface area contributed by atoms with Gasteiger partial charge < -0.3 is 14.4 Å². The van der Waals surface area contributed by atoms with Crippen molar-refractivity contribution in [2.24, 2.45) is 0 Å². The Labute approximate surface area is 94.1 Å². The Morgan fingerprint density at radius 3 is 3.00 bits per heavy atom. The fraction of sp³-hybridized carbons (Fsp3) is 0.636. The van der Waals surface area contributed by atoms with Crippen LogP contribution in [-0.2, 0) is 24.1 Å². The first-order chi connectivity index (χ1) is 7.67. The monoisotopic (exact) mass is 224 g/mol. The van der Waals surface area contributed by atoms with Crippen LogP contribution in [-0.4, -0.2) is 33.8 Å². The van der Waals surface area contributed by atoms with E-state index < -0.39 is 5.97 Å². The molecule has 1 N–H and O–H groups in total. The number of carbonyl (C=O) groups is 1. The average molecular weight is 224 g/mol. The van der Waals surface area contributed by atoms with Crippen LogP contribution in [0.5, 0.6) is 0 Å². The first kappa shape index (κ1) is 11.1. The fourth-order valence-electron chi connectivity index (χ4n) is 2.22. The average Bonchev–Trinajstić information content (AvgIpc) is 2.65. The molecule has 1 aromatic rings. The van der Waals surface area contributed by atoms with Gasteiger partial charge in [-0.2, -0.15) is 0 Å². The van der Waals surface area contributed by atoms with E-state index in [0.29, 0.717) is 30.8 Å². The van der Waals surface area contributed by atoms with Crippen molar-refractivity contribution in [2.45, 2.75) is 38.8 Å². The Bertz CT molecular complexity index is 412. The largest absolute Gasteiger partial charge is 0.477 e. The molecule has 5 heteroatoms. The first-order valence-corrected chi connectivity index (χ1v) is 5.51. The van der Waals surface area contributed by atoms with Crippen LogP contribution < -0.4 is 0 Å². The van der Waals surface area contributed by atoms with Gasteiger partial charge in [-0.15, -0.1) is 0 Å². The summed E-state index contributed by atoms with van der Waals surface area (Å²) < 4.78 is 7.11. The van der Waals surface area contributed by atoms with Gasteiger partial charge in [0.05, 0.1) is 11.8 Å². The Hall–Kier alpha value is -1.36. The van der Waals surface area contributed by atoms with Gasteiger partial charge in [-0.25, -0.2) is 9.78 Å². The SMILES string of the molecule is CCc1nc2n(c1C(=O)O)CC[C@@H](OC)C2. The molecule has 88 valence electrons. The van der Waals surface area contributed by atoms with Crippen molar-refractivity contribution in [3.8, 4) is 0 Å². The maximum Gasteiger partial charge on any atom is 0.354 e. The molecule has 0 aromatic carbocycles. The lowest BCUT2D eigenvalue weighted by atomic mass is 10.1. The molecule has 1 atom stereocenters. The zero-order chi connectivity index (χ0) is 11.7. The number of imidazole rings is 1. The summed E-state index contributed by atoms with van der Waals surface area (Å²) in [5.74, 6) is -0.0428. The second-order valence-corrected chi connectivity index (χ2v) is 3.98. The summed E-state index contributed by atoms with van der Waals surface area (Å²) in [6.07, 6.45) is 2.38. The van der Waals surface area contributed by atoms with Crippen molar-refractivity contribution in [2.75, 3.05) is 7.11 Å². The van der Waals surface area contributed by atoms with E-state index in [1.54, 1.807) is 7.11 Å². The maximum absolute atomic E-state index is 11.2. The summed E-state index contributed by atoms with van der Waals surface area (Å²) >= 11 is 0. The predicted molar refractivity (Wildman–Crippen MR) is 57.7 cm³/mol. The van der Waals surface area contributed by atoms with E-state index in [9.17, 15) is 9.90 Å². The number of aromatic nitrogens is 2. The van der Waals surface area contributed by atoms with Crippen LogP contribution in [0.3, 0.4) is 0 Å². The van der Waals surface area contributed by atoms with E-state index in [0.717, 1.165) is 12.2 Å². The molecule has 0 radical (unpaired) electrons. The van der Waals surface area contributed by atoms with Crippen LogP contribution in [0, 0.1) is 0 Å². The van der Waals surface area contributed by atoms with Crippen molar-refractivity contribution in [1.82, 2.24) is 9.55 Å². The number of methoxy groups -OCH3 is 1. The number of nitrogens with zero attached hydrogens (tertiary/aromatic N) is 2. The smallest absolute Gasteiger partial charge is 0.354 e. The molecular formula is C11H16N2O3. The standard InChI is InChI=1S/C11H16N2O3/c1-3-8-10(11(14)15)13-5-4-7(16-2)6-9(13)12-8/h7H,3-6H2,1-2H3,(H,14,15)/t7-/m1/s1. The number of carboxylic acids is 1. The Morgan fingerprint density at radius 1 is 1.69 bits per heavy atom. The van der Waals surface area contributed by atoms with Crippen molar-refractivity contribution in [1.29, 1.82) is 0 Å². The predicted octanol–water partition coefficient (Wildman–Crippen LogP) is 1.10. The second kappa shape index (κ2) is 4.25. The molecule has 1 aliphatic rings. The lowest BCUT2D eigenvalue weighted by Crippen LogP contribution is -2.27. The summed E-state index contributed by atoms with van der Waals surface area (Å²) in [6, 6.07) is 0. The molecule has 5 nitrogen and oxygen atoms in total. The van der Waals surface area contributed by atoms with Crippen molar-refractivity contribution in [3.05, 3.63) is 17.2 Å². The third-order valence-electron chi connectivity index (χ3n) is 3.07. The summed E-state index contributed by atoms with van der Waals surface area (Å²) in [5, 5.41) is 9.17. The molecule has 0 spiro atoms. The number of hydrogen-bond donors (Lipinski definition) is 1. The highest BCUT2D eigenvalue weighted by Gasteiger charge is 2.27. The Kier molecular flexibility index (Phi) is 2.96. The molecule has 0 aliphatic carbocycles. The highest BCUT2D eigenvalue weighted by molar-refractivity contribution is 5.87. The van der Waals surface area contributed by atoms with Gasteiger partial charge in [0, 0.05) is 20.1 Å². The fourth-order valence-corrected chi connectivity index (χ4v) is 2.22. The summed E-state index contributed by atoms with van der Waals surface area (Å²) in [6.45, 7) is 2.61. The number of rotatable bonds is 3. The molecule has 0 fully saturated rings. The molecule has 0 amide bonds. The van der Waals surface area contributed by atoms with Crippen LogP contribution in [0.4, 0.5) is 0 Å². The minimum Gasteiger partial charge on any atom is -0.477 e. The summed E-state index contributed by atoms with van der Waals surface area (Å²) in [7, 11) is 1.68. The van der Waals surface area contributed by atoms with Crippen LogP contribution in [0.15, 0.2) is 0 Å². The quantitative estimate of drug-likeness (QED) is 0.835. The number of ether oxygens (including phenoxy) is 1. The highest BCUT2D eigenvalue weighted by atomic mass is 16.5. The van der Waals surface area contributed by atoms with Crippen LogP contribution in [0.1, 0.15) is 35.4 Å². The number of hydrogen-bond acceptors (Lipinski definition) is 3. The number of aromatic carboxylic acids is 1. The number of aryl methyl sites for hydroxylation is 1. The topological polar surface area (TPSA) is 64.4 Å². The van der Waals surface area contributed by atoms with Gasteiger partial charge >= 0.3 is 5.97 Å². The van der Waals surface area contributed by atoms with Crippen molar-refractivity contribution in [3.63, 3.8) is 0 Å². The molecular weight excluding hydrogens is 208 g/mol. The van der Waals surface area contributed by atoms with E-state index in [4.69, 9.17) is 4.74 Å². The van der Waals surface area contributed by atoms with E-state index in [-0.39, 0.29) is 6.10 Å². The molecule has 0 saturated heterocycles. The molecule has 1 aromatic heterocycles. The normalized spacial score (nSPS) is 19.5. The molecule has 1 aliphatic heterocycles. The van der Waals surface area contributed by atoms with Gasteiger partial charge in [0.1, 0.15) is 5.82 Å². The highest BCUT2D eigenvalue weighted by Crippen LogP contribution is 2.21. The molecule has 2 rings (SSSR count). The number of carboxylic acid groups (broad SMARTS) is 1. The molecule has 16 heavy (non-hydrogen) atoms. The first-order valence-electron chi connectivity index (χ1n) is 5.51. The van der Waals surface area contributed by atoms with Crippen LogP contribution in [0.2, 0.25) is 0 Å². The molecule has 0 saturated carbocycles. The van der Waals surface area contributed by atoms with Gasteiger partial charge in [0.2, 0.25) is 0 Å². The van der Waals surface area contributed by atoms with E-state index in [2.05, 4.69) is 4.98 Å². The van der Waals surface area contributed by atoms with Crippen molar-refractivity contribution < 1.29 is 14.6 Å². The molecule has 2 heterocycles. The van der Waals surface area contributed by atoms with E-state index in [1.807, 2.05) is 11.5 Å². The molecule has 0 unspecified atom stereocenters. The maximum atomic E-state index is 11.2. The Morgan fingerprint density at radius 2 is 2.44 bits per heavy atom. The lowest BCUT2D eigenvalue weighted by Gasteiger charge is -2.22. The zero-order valence-corrected chi connectivity index (χ0v) is 9.56. The third-order valence-corrected chi connectivity index (χ3v) is 3.07. The van der Waals surface area contributed by atoms with E-state index in [1.165, 1.54) is 0 Å². The van der Waals surface area contributed by atoms with Crippen LogP contribution >= 0.6 is 0 Å². The summed E-state index contributed by atoms with van der Waals surface area (Å²) in [4.78, 5) is 15.6. The van der Waals surface area contributed by atoms with Gasteiger partial charge in [-0.05, 0) is 12.8 Å². The third kappa shape index (κ3) is 1.71. The van der Waals surface area contributed by atoms with Gasteiger partial charge in [0.15, 0.2) is 5.69 Å². The van der Waals surface area contributed by atoms with Crippen molar-refractivity contribution >= 4 is 5.97 Å². The minimum absolute atomic E-state index is 0.168. The molecule has 0 bridgehead atoms. The lowest BCUT2D eigenvalue weighted by molar-refractivity contribution is 0.0655. The zero-order valence-electron chi connectivity index (χ0n) is 9.56. The minimum atomic E-state index is -0.883. The number of fused-ring (bicyclic) bond motifs is 1. The summed E-state index contributed by atoms with van der Waals surface area (Å²) in [5.41, 5.74) is 1.03. The van der Waals surface area contributed by atoms with Gasteiger partial charge in [-0.1, -0.05) is 6.92 Å². The Balaban J connectivity index is 2.41.